The van der Waals surface area contributed by atoms with Gasteiger partial charge in [-0.3, -0.25) is 9.78 Å². The molecule has 110 valence electrons. The van der Waals surface area contributed by atoms with Crippen LogP contribution in [0.4, 0.5) is 0 Å². The lowest BCUT2D eigenvalue weighted by molar-refractivity contribution is -0.127. The molecule has 0 radical (unpaired) electrons. The number of amides is 1. The Morgan fingerprint density at radius 1 is 1.50 bits per heavy atom. The van der Waals surface area contributed by atoms with E-state index in [2.05, 4.69) is 10.3 Å². The molecule has 1 unspecified atom stereocenters. The Kier molecular flexibility index (Phi) is 5.35. The molecule has 1 aromatic rings. The van der Waals surface area contributed by atoms with Crippen molar-refractivity contribution in [3.05, 3.63) is 24.0 Å². The molecule has 5 heteroatoms. The Bertz CT molecular complexity index is 427. The first-order valence-electron chi connectivity index (χ1n) is 7.31. The fourth-order valence-corrected chi connectivity index (χ4v) is 2.42. The van der Waals surface area contributed by atoms with E-state index in [0.717, 1.165) is 25.0 Å². The van der Waals surface area contributed by atoms with Crippen molar-refractivity contribution < 1.29 is 9.53 Å². The standard InChI is InChI=1S/C15H23N3O2/c1-11(15(19)18-13-4-2-3-5-13)20-14-7-6-12(8-9-16)17-10-14/h6-7,10-11,13H,2-5,8-9,16H2,1H3,(H,18,19). The van der Waals surface area contributed by atoms with E-state index in [0.29, 0.717) is 18.3 Å². The summed E-state index contributed by atoms with van der Waals surface area (Å²) >= 11 is 0. The number of ether oxygens (including phenoxy) is 1. The average molecular weight is 277 g/mol. The zero-order chi connectivity index (χ0) is 14.4. The summed E-state index contributed by atoms with van der Waals surface area (Å²) in [6, 6.07) is 4.03. The minimum absolute atomic E-state index is 0.0528. The Balaban J connectivity index is 1.83. The fraction of sp³-hybridized carbons (Fsp3) is 0.600. The van der Waals surface area contributed by atoms with Crippen LogP contribution in [0.3, 0.4) is 0 Å². The lowest BCUT2D eigenvalue weighted by Gasteiger charge is -2.18. The van der Waals surface area contributed by atoms with E-state index < -0.39 is 6.10 Å². The molecule has 20 heavy (non-hydrogen) atoms. The van der Waals surface area contributed by atoms with E-state index in [1.807, 2.05) is 12.1 Å². The summed E-state index contributed by atoms with van der Waals surface area (Å²) in [4.78, 5) is 16.2. The van der Waals surface area contributed by atoms with Crippen molar-refractivity contribution in [2.45, 2.75) is 51.2 Å². The van der Waals surface area contributed by atoms with Crippen LogP contribution >= 0.6 is 0 Å². The molecule has 1 atom stereocenters. The van der Waals surface area contributed by atoms with Gasteiger partial charge in [0, 0.05) is 18.2 Å². The molecule has 5 nitrogen and oxygen atoms in total. The fourth-order valence-electron chi connectivity index (χ4n) is 2.42. The molecule has 1 fully saturated rings. The summed E-state index contributed by atoms with van der Waals surface area (Å²) in [6.45, 7) is 2.34. The molecule has 1 aromatic heterocycles. The normalized spacial score (nSPS) is 16.9. The van der Waals surface area contributed by atoms with Gasteiger partial charge in [-0.05, 0) is 38.4 Å². The maximum Gasteiger partial charge on any atom is 0.260 e. The van der Waals surface area contributed by atoms with E-state index in [1.165, 1.54) is 12.8 Å². The van der Waals surface area contributed by atoms with E-state index >= 15 is 0 Å². The molecule has 0 aromatic carbocycles. The summed E-state index contributed by atoms with van der Waals surface area (Å²) < 4.78 is 5.61. The smallest absolute Gasteiger partial charge is 0.260 e. The quantitative estimate of drug-likeness (QED) is 0.824. The van der Waals surface area contributed by atoms with Crippen LogP contribution in [0.5, 0.6) is 5.75 Å². The van der Waals surface area contributed by atoms with Gasteiger partial charge in [-0.25, -0.2) is 0 Å². The number of nitrogens with zero attached hydrogens (tertiary/aromatic N) is 1. The molecule has 1 saturated carbocycles. The zero-order valence-corrected chi connectivity index (χ0v) is 12.0. The van der Waals surface area contributed by atoms with Crippen LogP contribution in [0.15, 0.2) is 18.3 Å². The summed E-state index contributed by atoms with van der Waals surface area (Å²) in [6.07, 6.45) is 6.45. The molecule has 2 rings (SSSR count). The van der Waals surface area contributed by atoms with Gasteiger partial charge in [0.2, 0.25) is 0 Å². The number of hydrogen-bond acceptors (Lipinski definition) is 4. The number of pyridine rings is 1. The Hall–Kier alpha value is -1.62. The molecule has 1 amide bonds. The van der Waals surface area contributed by atoms with Crippen molar-refractivity contribution >= 4 is 5.91 Å². The van der Waals surface area contributed by atoms with Crippen molar-refractivity contribution in [1.82, 2.24) is 10.3 Å². The number of carbonyl (C=O) groups excluding carboxylic acids is 1. The van der Waals surface area contributed by atoms with Crippen molar-refractivity contribution in [3.63, 3.8) is 0 Å². The number of carbonyl (C=O) groups is 1. The van der Waals surface area contributed by atoms with Gasteiger partial charge >= 0.3 is 0 Å². The monoisotopic (exact) mass is 277 g/mol. The number of rotatable bonds is 6. The molecule has 1 heterocycles. The molecule has 1 aliphatic carbocycles. The second-order valence-electron chi connectivity index (χ2n) is 5.27. The Labute approximate surface area is 119 Å². The molecule has 3 N–H and O–H groups in total. The second-order valence-corrected chi connectivity index (χ2v) is 5.27. The summed E-state index contributed by atoms with van der Waals surface area (Å²) in [5, 5.41) is 3.03. The summed E-state index contributed by atoms with van der Waals surface area (Å²) in [5.41, 5.74) is 6.41. The topological polar surface area (TPSA) is 77.2 Å². The number of nitrogens with one attached hydrogen (secondary N) is 1. The Morgan fingerprint density at radius 2 is 2.25 bits per heavy atom. The minimum Gasteiger partial charge on any atom is -0.479 e. The first kappa shape index (κ1) is 14.8. The number of hydrogen-bond donors (Lipinski definition) is 2. The van der Waals surface area contributed by atoms with Gasteiger partial charge in [0.15, 0.2) is 6.10 Å². The van der Waals surface area contributed by atoms with Gasteiger partial charge in [0.1, 0.15) is 5.75 Å². The van der Waals surface area contributed by atoms with Gasteiger partial charge in [0.25, 0.3) is 5.91 Å². The SMILES string of the molecule is CC(Oc1ccc(CCN)nc1)C(=O)NC1CCCC1. The van der Waals surface area contributed by atoms with E-state index in [9.17, 15) is 4.79 Å². The Morgan fingerprint density at radius 3 is 2.85 bits per heavy atom. The highest BCUT2D eigenvalue weighted by Gasteiger charge is 2.21. The van der Waals surface area contributed by atoms with E-state index in [-0.39, 0.29) is 5.91 Å². The van der Waals surface area contributed by atoms with Gasteiger partial charge < -0.3 is 15.8 Å². The first-order chi connectivity index (χ1) is 9.69. The predicted octanol–water partition coefficient (Wildman–Crippen LogP) is 1.41. The third kappa shape index (κ3) is 4.20. The second kappa shape index (κ2) is 7.24. The number of nitrogens with two attached hydrogens (primary N) is 1. The van der Waals surface area contributed by atoms with Crippen LogP contribution in [-0.4, -0.2) is 29.6 Å². The highest BCUT2D eigenvalue weighted by atomic mass is 16.5. The van der Waals surface area contributed by atoms with Crippen molar-refractivity contribution in [2.75, 3.05) is 6.54 Å². The molecule has 1 aliphatic rings. The largest absolute Gasteiger partial charge is 0.479 e. The zero-order valence-electron chi connectivity index (χ0n) is 12.0. The van der Waals surface area contributed by atoms with Gasteiger partial charge in [-0.2, -0.15) is 0 Å². The van der Waals surface area contributed by atoms with Crippen LogP contribution in [0.1, 0.15) is 38.3 Å². The van der Waals surface area contributed by atoms with Gasteiger partial charge in [0.05, 0.1) is 6.20 Å². The van der Waals surface area contributed by atoms with Crippen LogP contribution in [0.25, 0.3) is 0 Å². The third-order valence-electron chi connectivity index (χ3n) is 3.58. The van der Waals surface area contributed by atoms with E-state index in [1.54, 1.807) is 13.1 Å². The highest BCUT2D eigenvalue weighted by molar-refractivity contribution is 5.81. The van der Waals surface area contributed by atoms with E-state index in [4.69, 9.17) is 10.5 Å². The van der Waals surface area contributed by atoms with Crippen LogP contribution in [-0.2, 0) is 11.2 Å². The van der Waals surface area contributed by atoms with Crippen LogP contribution < -0.4 is 15.8 Å². The van der Waals surface area contributed by atoms with Crippen molar-refractivity contribution in [2.24, 2.45) is 5.73 Å². The molecule has 0 spiro atoms. The van der Waals surface area contributed by atoms with Crippen molar-refractivity contribution in [3.8, 4) is 5.75 Å². The van der Waals surface area contributed by atoms with Crippen LogP contribution in [0.2, 0.25) is 0 Å². The maximum absolute atomic E-state index is 12.0. The average Bonchev–Trinajstić information content (AvgIpc) is 2.94. The first-order valence-corrected chi connectivity index (χ1v) is 7.31. The lowest BCUT2D eigenvalue weighted by Crippen LogP contribution is -2.41. The molecular weight excluding hydrogens is 254 g/mol. The molecule has 0 saturated heterocycles. The van der Waals surface area contributed by atoms with Crippen LogP contribution in [0, 0.1) is 0 Å². The maximum atomic E-state index is 12.0. The molecule has 0 aliphatic heterocycles. The van der Waals surface area contributed by atoms with Gasteiger partial charge in [-0.15, -0.1) is 0 Å². The molecule has 0 bridgehead atoms. The number of aromatic nitrogens is 1. The lowest BCUT2D eigenvalue weighted by atomic mass is 10.2. The summed E-state index contributed by atoms with van der Waals surface area (Å²) in [5.74, 6) is 0.558. The minimum atomic E-state index is -0.502. The highest BCUT2D eigenvalue weighted by Crippen LogP contribution is 2.18. The van der Waals surface area contributed by atoms with Crippen molar-refractivity contribution in [1.29, 1.82) is 0 Å². The summed E-state index contributed by atoms with van der Waals surface area (Å²) in [7, 11) is 0. The predicted molar refractivity (Wildman–Crippen MR) is 77.5 cm³/mol. The van der Waals surface area contributed by atoms with Gasteiger partial charge in [-0.1, -0.05) is 12.8 Å². The third-order valence-corrected chi connectivity index (χ3v) is 3.58. The molecular formula is C15H23N3O2.